The molecule has 0 amide bonds. The minimum atomic E-state index is 0.835. The SMILES string of the molecule is CCCCc1nc2sc3c(NCCN4CCOCC4)nc(SC)nc3c2c2c1CCC2. The highest BCUT2D eigenvalue weighted by atomic mass is 32.2. The van der Waals surface area contributed by atoms with Crippen molar-refractivity contribution in [3.8, 4) is 0 Å². The number of hydrogen-bond donors (Lipinski definition) is 1. The van der Waals surface area contributed by atoms with Crippen LogP contribution in [0, 0.1) is 0 Å². The molecule has 0 bridgehead atoms. The number of unbranched alkanes of at least 4 members (excludes halogenated alkanes) is 1. The number of thioether (sulfide) groups is 1. The maximum atomic E-state index is 5.47. The second kappa shape index (κ2) is 9.57. The number of nitrogens with zero attached hydrogens (tertiary/aromatic N) is 4. The quantitative estimate of drug-likeness (QED) is 0.394. The van der Waals surface area contributed by atoms with E-state index in [1.807, 2.05) is 0 Å². The Morgan fingerprint density at radius 1 is 1.13 bits per heavy atom. The van der Waals surface area contributed by atoms with Gasteiger partial charge in [-0.15, -0.1) is 11.3 Å². The van der Waals surface area contributed by atoms with Crippen molar-refractivity contribution in [3.63, 3.8) is 0 Å². The molecule has 1 saturated heterocycles. The van der Waals surface area contributed by atoms with Crippen LogP contribution in [0.3, 0.4) is 0 Å². The van der Waals surface area contributed by atoms with Gasteiger partial charge in [-0.2, -0.15) is 0 Å². The van der Waals surface area contributed by atoms with Gasteiger partial charge in [-0.1, -0.05) is 25.1 Å². The number of aromatic nitrogens is 3. The predicted molar refractivity (Wildman–Crippen MR) is 131 cm³/mol. The van der Waals surface area contributed by atoms with E-state index in [1.165, 1.54) is 47.9 Å². The Bertz CT molecular complexity index is 1080. The summed E-state index contributed by atoms with van der Waals surface area (Å²) in [6.45, 7) is 7.83. The standard InChI is InChI=1S/C23H31N5OS2/c1-3-4-8-17-15-6-5-7-16(15)18-19-20(31-22(18)25-17)21(27-23(26-19)30-2)24-9-10-28-11-13-29-14-12-28/h3-14H2,1-2H3,(H,24,26,27). The molecule has 0 radical (unpaired) electrons. The number of ether oxygens (including phenoxy) is 1. The summed E-state index contributed by atoms with van der Waals surface area (Å²) in [5, 5.41) is 5.75. The molecule has 31 heavy (non-hydrogen) atoms. The van der Waals surface area contributed by atoms with Crippen LogP contribution in [0.4, 0.5) is 5.82 Å². The first-order valence-electron chi connectivity index (χ1n) is 11.5. The van der Waals surface area contributed by atoms with Gasteiger partial charge >= 0.3 is 0 Å². The van der Waals surface area contributed by atoms with Crippen molar-refractivity contribution in [2.24, 2.45) is 0 Å². The van der Waals surface area contributed by atoms with Gasteiger partial charge in [0.2, 0.25) is 0 Å². The zero-order valence-corrected chi connectivity index (χ0v) is 20.1. The van der Waals surface area contributed by atoms with Crippen LogP contribution in [-0.4, -0.2) is 65.5 Å². The monoisotopic (exact) mass is 457 g/mol. The van der Waals surface area contributed by atoms with E-state index >= 15 is 0 Å². The lowest BCUT2D eigenvalue weighted by molar-refractivity contribution is 0.0398. The largest absolute Gasteiger partial charge is 0.379 e. The van der Waals surface area contributed by atoms with E-state index < -0.39 is 0 Å². The summed E-state index contributed by atoms with van der Waals surface area (Å²) in [5.74, 6) is 0.965. The van der Waals surface area contributed by atoms with E-state index in [-0.39, 0.29) is 0 Å². The minimum Gasteiger partial charge on any atom is -0.379 e. The molecule has 1 aliphatic heterocycles. The predicted octanol–water partition coefficient (Wildman–Crippen LogP) is 4.54. The Morgan fingerprint density at radius 3 is 2.77 bits per heavy atom. The molecule has 3 aromatic rings. The van der Waals surface area contributed by atoms with Crippen molar-refractivity contribution in [2.75, 3.05) is 51.0 Å². The van der Waals surface area contributed by atoms with Gasteiger partial charge < -0.3 is 10.1 Å². The summed E-state index contributed by atoms with van der Waals surface area (Å²) in [4.78, 5) is 18.6. The molecule has 1 fully saturated rings. The van der Waals surface area contributed by atoms with Crippen molar-refractivity contribution >= 4 is 49.3 Å². The number of nitrogens with one attached hydrogen (secondary N) is 1. The van der Waals surface area contributed by atoms with Crippen molar-refractivity contribution in [3.05, 3.63) is 16.8 Å². The van der Waals surface area contributed by atoms with E-state index in [2.05, 4.69) is 23.4 Å². The Kier molecular flexibility index (Phi) is 6.59. The normalized spacial score (nSPS) is 17.0. The number of hydrogen-bond acceptors (Lipinski definition) is 8. The maximum Gasteiger partial charge on any atom is 0.189 e. The lowest BCUT2D eigenvalue weighted by Crippen LogP contribution is -2.39. The fourth-order valence-electron chi connectivity index (χ4n) is 4.74. The van der Waals surface area contributed by atoms with Gasteiger partial charge in [0, 0.05) is 37.3 Å². The summed E-state index contributed by atoms with van der Waals surface area (Å²) >= 11 is 3.38. The molecule has 5 rings (SSSR count). The van der Waals surface area contributed by atoms with E-state index in [4.69, 9.17) is 19.7 Å². The summed E-state index contributed by atoms with van der Waals surface area (Å²) in [7, 11) is 0. The summed E-state index contributed by atoms with van der Waals surface area (Å²) < 4.78 is 6.62. The third-order valence-corrected chi connectivity index (χ3v) is 8.00. The molecule has 0 atom stereocenters. The van der Waals surface area contributed by atoms with E-state index in [0.717, 1.165) is 78.3 Å². The number of morpholine rings is 1. The molecule has 2 aliphatic rings. The van der Waals surface area contributed by atoms with Crippen LogP contribution in [-0.2, 0) is 24.0 Å². The molecule has 6 nitrogen and oxygen atoms in total. The molecular formula is C23H31N5OS2. The van der Waals surface area contributed by atoms with Gasteiger partial charge in [-0.05, 0) is 49.5 Å². The van der Waals surface area contributed by atoms with Crippen LogP contribution in [0.1, 0.15) is 43.0 Å². The Morgan fingerprint density at radius 2 is 1.97 bits per heavy atom. The molecular weight excluding hydrogens is 426 g/mol. The highest BCUT2D eigenvalue weighted by Gasteiger charge is 2.24. The zero-order chi connectivity index (χ0) is 21.2. The molecule has 8 heteroatoms. The molecule has 0 aromatic carbocycles. The van der Waals surface area contributed by atoms with Crippen molar-refractivity contribution < 1.29 is 4.74 Å². The minimum absolute atomic E-state index is 0.835. The average Bonchev–Trinajstić information content (AvgIpc) is 3.42. The molecule has 0 unspecified atom stereocenters. The van der Waals surface area contributed by atoms with Gasteiger partial charge in [0.05, 0.1) is 23.4 Å². The van der Waals surface area contributed by atoms with Crippen LogP contribution in [0.25, 0.3) is 20.4 Å². The molecule has 166 valence electrons. The molecule has 0 spiro atoms. The first-order valence-corrected chi connectivity index (χ1v) is 13.6. The average molecular weight is 458 g/mol. The number of aryl methyl sites for hydroxylation is 2. The number of pyridine rings is 1. The van der Waals surface area contributed by atoms with Gasteiger partial charge in [0.15, 0.2) is 5.16 Å². The maximum absolute atomic E-state index is 5.47. The summed E-state index contributed by atoms with van der Waals surface area (Å²) in [6, 6.07) is 0. The van der Waals surface area contributed by atoms with Crippen LogP contribution in [0.15, 0.2) is 5.16 Å². The van der Waals surface area contributed by atoms with Gasteiger partial charge in [-0.25, -0.2) is 15.0 Å². The third kappa shape index (κ3) is 4.27. The Labute approximate surface area is 192 Å². The molecule has 4 heterocycles. The van der Waals surface area contributed by atoms with E-state index in [1.54, 1.807) is 23.1 Å². The van der Waals surface area contributed by atoms with E-state index in [9.17, 15) is 0 Å². The number of anilines is 1. The summed E-state index contributed by atoms with van der Waals surface area (Å²) in [5.41, 5.74) is 5.44. The number of fused-ring (bicyclic) bond motifs is 5. The van der Waals surface area contributed by atoms with Crippen LogP contribution < -0.4 is 5.32 Å². The highest BCUT2D eigenvalue weighted by molar-refractivity contribution is 7.98. The number of thiophene rings is 1. The first-order chi connectivity index (χ1) is 15.3. The van der Waals surface area contributed by atoms with Crippen LogP contribution in [0.5, 0.6) is 0 Å². The van der Waals surface area contributed by atoms with Crippen molar-refractivity contribution in [1.82, 2.24) is 19.9 Å². The fourth-order valence-corrected chi connectivity index (χ4v) is 6.24. The van der Waals surface area contributed by atoms with Crippen molar-refractivity contribution in [1.29, 1.82) is 0 Å². The molecule has 1 N–H and O–H groups in total. The highest BCUT2D eigenvalue weighted by Crippen LogP contribution is 2.42. The third-order valence-electron chi connectivity index (χ3n) is 6.37. The lowest BCUT2D eigenvalue weighted by atomic mass is 10.0. The van der Waals surface area contributed by atoms with Gasteiger partial charge in [-0.3, -0.25) is 4.90 Å². The van der Waals surface area contributed by atoms with Gasteiger partial charge in [0.25, 0.3) is 0 Å². The smallest absolute Gasteiger partial charge is 0.189 e. The van der Waals surface area contributed by atoms with Gasteiger partial charge in [0.1, 0.15) is 10.6 Å². The second-order valence-electron chi connectivity index (χ2n) is 8.37. The molecule has 3 aromatic heterocycles. The van der Waals surface area contributed by atoms with Crippen LogP contribution in [0.2, 0.25) is 0 Å². The molecule has 0 saturated carbocycles. The van der Waals surface area contributed by atoms with Crippen LogP contribution >= 0.6 is 23.1 Å². The Hall–Kier alpha value is -1.48. The summed E-state index contributed by atoms with van der Waals surface area (Å²) in [6.07, 6.45) is 9.12. The topological polar surface area (TPSA) is 63.2 Å². The first kappa shape index (κ1) is 21.4. The second-order valence-corrected chi connectivity index (χ2v) is 10.1. The fraction of sp³-hybridized carbons (Fsp3) is 0.609. The molecule has 1 aliphatic carbocycles. The zero-order valence-electron chi connectivity index (χ0n) is 18.5. The Balaban J connectivity index is 1.52. The number of rotatable bonds is 8. The van der Waals surface area contributed by atoms with Crippen molar-refractivity contribution in [2.45, 2.75) is 50.6 Å². The van der Waals surface area contributed by atoms with E-state index in [0.29, 0.717) is 0 Å². The lowest BCUT2D eigenvalue weighted by Gasteiger charge is -2.26.